The molecular weight excluding hydrogens is 214 g/mol. The molecule has 1 aromatic carbocycles. The average molecular weight is 225 g/mol. The van der Waals surface area contributed by atoms with Crippen LogP contribution in [0.1, 0.15) is 5.56 Å². The lowest BCUT2D eigenvalue weighted by Crippen LogP contribution is -2.13. The van der Waals surface area contributed by atoms with Crippen LogP contribution >= 0.6 is 0 Å². The van der Waals surface area contributed by atoms with Gasteiger partial charge >= 0.3 is 0 Å². The molecule has 0 fully saturated rings. The fraction of sp³-hybridized carbons (Fsp3) is 0.333. The highest BCUT2D eigenvalue weighted by molar-refractivity contribution is 5.75. The lowest BCUT2D eigenvalue weighted by Gasteiger charge is -2.13. The lowest BCUT2D eigenvalue weighted by molar-refractivity contribution is -0.392. The van der Waals surface area contributed by atoms with Gasteiger partial charge in [-0.1, -0.05) is 0 Å². The highest BCUT2D eigenvalue weighted by Crippen LogP contribution is 2.37. The molecule has 0 aromatic heterocycles. The number of nitro groups is 2. The minimum absolute atomic E-state index is 0.0144. The quantitative estimate of drug-likeness (QED) is 0.578. The maximum Gasteiger partial charge on any atom is 0.299 e. The Kier molecular flexibility index (Phi) is 3.07. The zero-order valence-corrected chi connectivity index (χ0v) is 9.13. The molecule has 1 aromatic rings. The van der Waals surface area contributed by atoms with E-state index in [0.29, 0.717) is 5.56 Å². The van der Waals surface area contributed by atoms with Crippen molar-refractivity contribution in [1.82, 2.24) is 0 Å². The average Bonchev–Trinajstić information content (AvgIpc) is 2.15. The summed E-state index contributed by atoms with van der Waals surface area (Å²) in [6.45, 7) is 1.58. The molecule has 0 atom stereocenters. The number of aryl methyl sites for hydroxylation is 1. The summed E-state index contributed by atoms with van der Waals surface area (Å²) in [7, 11) is 3.06. The van der Waals surface area contributed by atoms with Gasteiger partial charge in [0, 0.05) is 26.2 Å². The van der Waals surface area contributed by atoms with Crippen LogP contribution in [0.2, 0.25) is 0 Å². The number of nitro benzene ring substituents is 2. The third-order valence-electron chi connectivity index (χ3n) is 2.05. The van der Waals surface area contributed by atoms with Gasteiger partial charge in [0.1, 0.15) is 0 Å². The summed E-state index contributed by atoms with van der Waals surface area (Å²) in [5, 5.41) is 21.6. The Morgan fingerprint density at radius 1 is 1.06 bits per heavy atom. The normalized spacial score (nSPS) is 9.94. The molecule has 7 nitrogen and oxygen atoms in total. The van der Waals surface area contributed by atoms with Crippen LogP contribution in [0, 0.1) is 27.2 Å². The van der Waals surface area contributed by atoms with Gasteiger partial charge in [-0.05, 0) is 12.5 Å². The molecule has 1 rings (SSSR count). The van der Waals surface area contributed by atoms with Gasteiger partial charge in [0.2, 0.25) is 0 Å². The second-order valence-corrected chi connectivity index (χ2v) is 3.56. The van der Waals surface area contributed by atoms with E-state index in [4.69, 9.17) is 0 Å². The van der Waals surface area contributed by atoms with E-state index in [-0.39, 0.29) is 17.1 Å². The Morgan fingerprint density at radius 3 is 1.69 bits per heavy atom. The third kappa shape index (κ3) is 2.08. The number of rotatable bonds is 3. The van der Waals surface area contributed by atoms with Crippen LogP contribution in [0.25, 0.3) is 0 Å². The molecule has 0 bridgehead atoms. The van der Waals surface area contributed by atoms with Gasteiger partial charge in [-0.25, -0.2) is 0 Å². The predicted molar refractivity (Wildman–Crippen MR) is 58.8 cm³/mol. The van der Waals surface area contributed by atoms with E-state index < -0.39 is 9.85 Å². The second-order valence-electron chi connectivity index (χ2n) is 3.56. The van der Waals surface area contributed by atoms with E-state index in [1.54, 1.807) is 6.92 Å². The molecule has 0 radical (unpaired) electrons. The maximum absolute atomic E-state index is 10.8. The Bertz CT molecular complexity index is 421. The van der Waals surface area contributed by atoms with Crippen molar-refractivity contribution in [3.05, 3.63) is 37.9 Å². The number of hydrogen-bond donors (Lipinski definition) is 0. The minimum Gasteiger partial charge on any atom is -0.366 e. The number of anilines is 1. The van der Waals surface area contributed by atoms with Crippen molar-refractivity contribution in [1.29, 1.82) is 0 Å². The van der Waals surface area contributed by atoms with Gasteiger partial charge in [0.25, 0.3) is 11.4 Å². The molecule has 86 valence electrons. The fourth-order valence-electron chi connectivity index (χ4n) is 1.48. The summed E-state index contributed by atoms with van der Waals surface area (Å²) in [6.07, 6.45) is 0. The molecule has 0 N–H and O–H groups in total. The molecule has 0 saturated heterocycles. The molecule has 0 aliphatic carbocycles. The van der Waals surface area contributed by atoms with E-state index in [1.165, 1.54) is 31.1 Å². The summed E-state index contributed by atoms with van der Waals surface area (Å²) in [5.74, 6) is 0. The van der Waals surface area contributed by atoms with E-state index in [9.17, 15) is 20.2 Å². The zero-order chi connectivity index (χ0) is 12.5. The third-order valence-corrected chi connectivity index (χ3v) is 2.05. The van der Waals surface area contributed by atoms with Crippen LogP contribution < -0.4 is 4.90 Å². The Hall–Kier alpha value is -2.18. The predicted octanol–water partition coefficient (Wildman–Crippen LogP) is 1.88. The van der Waals surface area contributed by atoms with Crippen molar-refractivity contribution in [2.45, 2.75) is 6.92 Å². The fourth-order valence-corrected chi connectivity index (χ4v) is 1.48. The van der Waals surface area contributed by atoms with Crippen LogP contribution in [0.5, 0.6) is 0 Å². The van der Waals surface area contributed by atoms with Crippen LogP contribution in [-0.4, -0.2) is 23.9 Å². The molecule has 0 amide bonds. The van der Waals surface area contributed by atoms with E-state index in [1.807, 2.05) is 0 Å². The van der Waals surface area contributed by atoms with Crippen LogP contribution in [-0.2, 0) is 0 Å². The van der Waals surface area contributed by atoms with Gasteiger partial charge < -0.3 is 4.90 Å². The first-order chi connectivity index (χ1) is 7.34. The first-order valence-corrected chi connectivity index (χ1v) is 4.45. The van der Waals surface area contributed by atoms with E-state index in [2.05, 4.69) is 0 Å². The molecular formula is C9H11N3O4. The number of hydrogen-bond acceptors (Lipinski definition) is 5. The highest BCUT2D eigenvalue weighted by atomic mass is 16.6. The van der Waals surface area contributed by atoms with Gasteiger partial charge in [-0.3, -0.25) is 20.2 Å². The van der Waals surface area contributed by atoms with E-state index in [0.717, 1.165) is 0 Å². The maximum atomic E-state index is 10.8. The summed E-state index contributed by atoms with van der Waals surface area (Å²) >= 11 is 0. The number of benzene rings is 1. The summed E-state index contributed by atoms with van der Waals surface area (Å²) in [6, 6.07) is 2.64. The van der Waals surface area contributed by atoms with Crippen LogP contribution in [0.3, 0.4) is 0 Å². The SMILES string of the molecule is Cc1cc([N+](=O)[O-])c(N(C)C)c([N+](=O)[O-])c1. The molecule has 0 aliphatic heterocycles. The Labute approximate surface area is 91.6 Å². The molecule has 16 heavy (non-hydrogen) atoms. The zero-order valence-electron chi connectivity index (χ0n) is 9.13. The monoisotopic (exact) mass is 225 g/mol. The van der Waals surface area contributed by atoms with Gasteiger partial charge in [-0.15, -0.1) is 0 Å². The topological polar surface area (TPSA) is 89.5 Å². The van der Waals surface area contributed by atoms with Crippen molar-refractivity contribution in [3.63, 3.8) is 0 Å². The van der Waals surface area contributed by atoms with Crippen LogP contribution in [0.4, 0.5) is 17.1 Å². The summed E-state index contributed by atoms with van der Waals surface area (Å²) < 4.78 is 0. The molecule has 7 heteroatoms. The van der Waals surface area contributed by atoms with Crippen molar-refractivity contribution < 1.29 is 9.85 Å². The lowest BCUT2D eigenvalue weighted by atomic mass is 10.1. The molecule has 0 heterocycles. The second kappa shape index (κ2) is 4.13. The summed E-state index contributed by atoms with van der Waals surface area (Å²) in [4.78, 5) is 21.8. The van der Waals surface area contributed by atoms with Crippen molar-refractivity contribution in [2.75, 3.05) is 19.0 Å². The first-order valence-electron chi connectivity index (χ1n) is 4.45. The standard InChI is InChI=1S/C9H11N3O4/c1-6-4-7(11(13)14)9(10(2)3)8(5-6)12(15)16/h4-5H,1-3H3. The van der Waals surface area contributed by atoms with Crippen molar-refractivity contribution in [2.24, 2.45) is 0 Å². The van der Waals surface area contributed by atoms with Crippen molar-refractivity contribution >= 4 is 17.1 Å². The summed E-state index contributed by atoms with van der Waals surface area (Å²) in [5.41, 5.74) is -0.00185. The van der Waals surface area contributed by atoms with Gasteiger partial charge in [0.05, 0.1) is 9.85 Å². The minimum atomic E-state index is -0.616. The molecule has 0 spiro atoms. The largest absolute Gasteiger partial charge is 0.366 e. The Morgan fingerprint density at radius 2 is 1.44 bits per heavy atom. The molecule has 0 saturated carbocycles. The Balaban J connectivity index is 3.60. The smallest absolute Gasteiger partial charge is 0.299 e. The molecule has 0 aliphatic rings. The van der Waals surface area contributed by atoms with E-state index >= 15 is 0 Å². The van der Waals surface area contributed by atoms with Crippen LogP contribution in [0.15, 0.2) is 12.1 Å². The first kappa shape index (κ1) is 11.9. The van der Waals surface area contributed by atoms with Gasteiger partial charge in [0.15, 0.2) is 5.69 Å². The van der Waals surface area contributed by atoms with Crippen molar-refractivity contribution in [3.8, 4) is 0 Å². The number of nitrogens with zero attached hydrogens (tertiary/aromatic N) is 3. The molecule has 0 unspecified atom stereocenters. The highest BCUT2D eigenvalue weighted by Gasteiger charge is 2.27. The van der Waals surface area contributed by atoms with Gasteiger partial charge in [-0.2, -0.15) is 0 Å².